The molecule has 2 atom stereocenters. The third-order valence-electron chi connectivity index (χ3n) is 2.84. The number of carbonyl (C=O) groups excluding carboxylic acids is 1. The van der Waals surface area contributed by atoms with Crippen molar-refractivity contribution < 1.29 is 4.79 Å². The molecule has 84 valence electrons. The second-order valence-corrected chi connectivity index (χ2v) is 5.80. The summed E-state index contributed by atoms with van der Waals surface area (Å²) in [5, 5.41) is 0. The minimum Gasteiger partial charge on any atom is -0.299 e. The van der Waals surface area contributed by atoms with E-state index in [1.54, 1.807) is 0 Å². The molecule has 1 saturated carbocycles. The first-order valence-corrected chi connectivity index (χ1v) is 5.91. The van der Waals surface area contributed by atoms with Crippen molar-refractivity contribution in [2.75, 3.05) is 0 Å². The van der Waals surface area contributed by atoms with E-state index in [4.69, 9.17) is 0 Å². The molecule has 0 saturated heterocycles. The van der Waals surface area contributed by atoms with Crippen LogP contribution in [-0.2, 0) is 4.79 Å². The van der Waals surface area contributed by atoms with E-state index in [9.17, 15) is 4.79 Å². The van der Waals surface area contributed by atoms with Crippen LogP contribution in [0.2, 0.25) is 0 Å². The summed E-state index contributed by atoms with van der Waals surface area (Å²) in [6.45, 7) is 8.54. The third-order valence-corrected chi connectivity index (χ3v) is 2.84. The first kappa shape index (κ1) is 12.3. The Morgan fingerprint density at radius 3 is 2.67 bits per heavy atom. The van der Waals surface area contributed by atoms with Crippen molar-refractivity contribution in [3.63, 3.8) is 0 Å². The first-order valence-electron chi connectivity index (χ1n) is 5.91. The molecule has 0 aliphatic heterocycles. The normalized spacial score (nSPS) is 27.1. The zero-order valence-corrected chi connectivity index (χ0v) is 10.4. The van der Waals surface area contributed by atoms with Crippen molar-refractivity contribution in [1.29, 1.82) is 0 Å². The number of carbonyl (C=O) groups is 1. The van der Waals surface area contributed by atoms with Gasteiger partial charge < -0.3 is 0 Å². The molecule has 1 heteroatoms. The van der Waals surface area contributed by atoms with E-state index in [2.05, 4.69) is 39.5 Å². The molecule has 1 aliphatic carbocycles. The van der Waals surface area contributed by atoms with Crippen LogP contribution >= 0.6 is 0 Å². The Balaban J connectivity index is 2.49. The summed E-state index contributed by atoms with van der Waals surface area (Å²) < 4.78 is 0. The Bertz CT molecular complexity index is 285. The molecular formula is C14H22O. The van der Waals surface area contributed by atoms with Gasteiger partial charge in [0.1, 0.15) is 5.78 Å². The number of ketones is 1. The number of hydrogen-bond donors (Lipinski definition) is 0. The largest absolute Gasteiger partial charge is 0.299 e. The minimum atomic E-state index is 0.0589. The number of hydrogen-bond acceptors (Lipinski definition) is 1. The average molecular weight is 206 g/mol. The summed E-state index contributed by atoms with van der Waals surface area (Å²) in [6, 6.07) is 0. The highest BCUT2D eigenvalue weighted by Gasteiger charge is 2.25. The zero-order valence-electron chi connectivity index (χ0n) is 10.4. The summed E-state index contributed by atoms with van der Waals surface area (Å²) in [7, 11) is 0. The molecule has 0 aromatic heterocycles. The zero-order chi connectivity index (χ0) is 11.5. The molecule has 0 amide bonds. The Morgan fingerprint density at radius 2 is 2.07 bits per heavy atom. The summed E-state index contributed by atoms with van der Waals surface area (Å²) in [4.78, 5) is 11.6. The van der Waals surface area contributed by atoms with Crippen LogP contribution in [-0.4, -0.2) is 5.78 Å². The summed E-state index contributed by atoms with van der Waals surface area (Å²) in [5.74, 6) is 7.71. The second kappa shape index (κ2) is 4.84. The van der Waals surface area contributed by atoms with Gasteiger partial charge in [-0.1, -0.05) is 12.8 Å². The molecule has 2 unspecified atom stereocenters. The first-order chi connectivity index (χ1) is 6.88. The monoisotopic (exact) mass is 206 g/mol. The lowest BCUT2D eigenvalue weighted by atomic mass is 9.80. The predicted octanol–water partition coefficient (Wildman–Crippen LogP) is 3.43. The van der Waals surface area contributed by atoms with Crippen molar-refractivity contribution in [2.45, 2.75) is 53.4 Å². The van der Waals surface area contributed by atoms with E-state index in [1.807, 2.05) is 0 Å². The van der Waals surface area contributed by atoms with Crippen LogP contribution in [0.25, 0.3) is 0 Å². The van der Waals surface area contributed by atoms with E-state index in [0.717, 1.165) is 25.7 Å². The van der Waals surface area contributed by atoms with Crippen LogP contribution in [0.3, 0.4) is 0 Å². The van der Waals surface area contributed by atoms with E-state index in [0.29, 0.717) is 11.7 Å². The maximum atomic E-state index is 11.6. The van der Waals surface area contributed by atoms with Gasteiger partial charge in [0.2, 0.25) is 0 Å². The molecule has 0 spiro atoms. The van der Waals surface area contributed by atoms with Gasteiger partial charge in [0, 0.05) is 24.2 Å². The van der Waals surface area contributed by atoms with Gasteiger partial charge in [-0.2, -0.15) is 0 Å². The SMILES string of the molecule is CC1CCC(=O)C(CC#CC(C)(C)C)C1. The third kappa shape index (κ3) is 4.51. The Hall–Kier alpha value is -0.770. The van der Waals surface area contributed by atoms with Crippen LogP contribution in [0, 0.1) is 29.1 Å². The highest BCUT2D eigenvalue weighted by Crippen LogP contribution is 2.27. The van der Waals surface area contributed by atoms with Gasteiger partial charge in [-0.15, -0.1) is 5.92 Å². The lowest BCUT2D eigenvalue weighted by molar-refractivity contribution is -0.125. The standard InChI is InChI=1S/C14H22O/c1-11-7-8-13(15)12(10-11)6-5-9-14(2,3)4/h11-12H,6-8,10H2,1-4H3. The van der Waals surface area contributed by atoms with E-state index < -0.39 is 0 Å². The average Bonchev–Trinajstić information content (AvgIpc) is 2.09. The summed E-state index contributed by atoms with van der Waals surface area (Å²) >= 11 is 0. The highest BCUT2D eigenvalue weighted by molar-refractivity contribution is 5.82. The maximum absolute atomic E-state index is 11.6. The van der Waals surface area contributed by atoms with Crippen LogP contribution in [0.15, 0.2) is 0 Å². The Morgan fingerprint density at radius 1 is 1.40 bits per heavy atom. The molecule has 0 N–H and O–H groups in total. The van der Waals surface area contributed by atoms with Crippen LogP contribution < -0.4 is 0 Å². The van der Waals surface area contributed by atoms with Crippen molar-refractivity contribution in [2.24, 2.45) is 17.3 Å². The van der Waals surface area contributed by atoms with Crippen LogP contribution in [0.4, 0.5) is 0 Å². The molecule has 0 bridgehead atoms. The molecule has 1 fully saturated rings. The van der Waals surface area contributed by atoms with Gasteiger partial charge in [-0.05, 0) is 39.5 Å². The topological polar surface area (TPSA) is 17.1 Å². The Labute approximate surface area is 93.6 Å². The van der Waals surface area contributed by atoms with Gasteiger partial charge in [-0.25, -0.2) is 0 Å². The fraction of sp³-hybridized carbons (Fsp3) is 0.786. The molecule has 1 aliphatic rings. The lowest BCUT2D eigenvalue weighted by Crippen LogP contribution is -2.23. The van der Waals surface area contributed by atoms with Crippen molar-refractivity contribution in [3.05, 3.63) is 0 Å². The van der Waals surface area contributed by atoms with E-state index in [1.165, 1.54) is 0 Å². The molecule has 0 radical (unpaired) electrons. The maximum Gasteiger partial charge on any atom is 0.136 e. The Kier molecular flexibility index (Phi) is 3.97. The van der Waals surface area contributed by atoms with E-state index in [-0.39, 0.29) is 11.3 Å². The fourth-order valence-corrected chi connectivity index (χ4v) is 1.96. The minimum absolute atomic E-state index is 0.0589. The lowest BCUT2D eigenvalue weighted by Gasteiger charge is -2.23. The quantitative estimate of drug-likeness (QED) is 0.601. The second-order valence-electron chi connectivity index (χ2n) is 5.80. The fourth-order valence-electron chi connectivity index (χ4n) is 1.96. The number of Topliss-reactive ketones (excluding diaryl/α,β-unsaturated/α-hetero) is 1. The molecule has 0 aromatic carbocycles. The van der Waals surface area contributed by atoms with Crippen molar-refractivity contribution in [3.8, 4) is 11.8 Å². The van der Waals surface area contributed by atoms with Gasteiger partial charge in [0.05, 0.1) is 0 Å². The smallest absolute Gasteiger partial charge is 0.136 e. The summed E-state index contributed by atoms with van der Waals surface area (Å²) in [5.41, 5.74) is 0.0589. The van der Waals surface area contributed by atoms with Crippen molar-refractivity contribution >= 4 is 5.78 Å². The van der Waals surface area contributed by atoms with Gasteiger partial charge in [-0.3, -0.25) is 4.79 Å². The van der Waals surface area contributed by atoms with E-state index >= 15 is 0 Å². The summed E-state index contributed by atoms with van der Waals surface area (Å²) in [6.07, 6.45) is 3.64. The van der Waals surface area contributed by atoms with Crippen LogP contribution in [0.1, 0.15) is 53.4 Å². The molecule has 15 heavy (non-hydrogen) atoms. The number of rotatable bonds is 1. The highest BCUT2D eigenvalue weighted by atomic mass is 16.1. The van der Waals surface area contributed by atoms with Crippen LogP contribution in [0.5, 0.6) is 0 Å². The van der Waals surface area contributed by atoms with Gasteiger partial charge in [0.15, 0.2) is 0 Å². The molecular weight excluding hydrogens is 184 g/mol. The molecule has 0 heterocycles. The predicted molar refractivity (Wildman–Crippen MR) is 63.4 cm³/mol. The molecule has 1 nitrogen and oxygen atoms in total. The van der Waals surface area contributed by atoms with Gasteiger partial charge >= 0.3 is 0 Å². The van der Waals surface area contributed by atoms with Crippen molar-refractivity contribution in [1.82, 2.24) is 0 Å². The molecule has 1 rings (SSSR count). The van der Waals surface area contributed by atoms with Gasteiger partial charge in [0.25, 0.3) is 0 Å². The molecule has 0 aromatic rings.